The lowest BCUT2D eigenvalue weighted by Gasteiger charge is -2.36. The number of nitrogens with zero attached hydrogens (tertiary/aromatic N) is 2. The predicted molar refractivity (Wildman–Crippen MR) is 76.7 cm³/mol. The van der Waals surface area contributed by atoms with Gasteiger partial charge in [-0.25, -0.2) is 0 Å². The number of hydrogen-bond donors (Lipinski definition) is 0. The van der Waals surface area contributed by atoms with Gasteiger partial charge in [0, 0.05) is 29.8 Å². The predicted octanol–water partition coefficient (Wildman–Crippen LogP) is 3.53. The van der Waals surface area contributed by atoms with Crippen LogP contribution in [-0.4, -0.2) is 28.0 Å². The van der Waals surface area contributed by atoms with E-state index in [1.807, 2.05) is 21.7 Å². The van der Waals surface area contributed by atoms with Crippen LogP contribution in [0.3, 0.4) is 0 Å². The molecule has 1 aliphatic rings. The van der Waals surface area contributed by atoms with Crippen molar-refractivity contribution in [3.63, 3.8) is 0 Å². The van der Waals surface area contributed by atoms with Gasteiger partial charge in [0.2, 0.25) is 0 Å². The van der Waals surface area contributed by atoms with Gasteiger partial charge >= 0.3 is 0 Å². The van der Waals surface area contributed by atoms with Crippen molar-refractivity contribution >= 4 is 21.8 Å². The standard InChI is InChI=1S/C14H21BrN2O/c1-4-16-9-12(15)7-13(16)14(18)17-8-10(2)5-6-11(17)3/h7,9-11H,4-6,8H2,1-3H3. The molecule has 2 rings (SSSR count). The zero-order valence-corrected chi connectivity index (χ0v) is 12.9. The molecule has 0 radical (unpaired) electrons. The number of aryl methyl sites for hydroxylation is 1. The maximum atomic E-state index is 12.6. The smallest absolute Gasteiger partial charge is 0.270 e. The first kappa shape index (κ1) is 13.7. The maximum Gasteiger partial charge on any atom is 0.270 e. The second-order valence-corrected chi connectivity index (χ2v) is 6.23. The molecule has 1 saturated heterocycles. The summed E-state index contributed by atoms with van der Waals surface area (Å²) in [7, 11) is 0. The topological polar surface area (TPSA) is 25.2 Å². The Morgan fingerprint density at radius 2 is 2.17 bits per heavy atom. The number of hydrogen-bond acceptors (Lipinski definition) is 1. The van der Waals surface area contributed by atoms with Crippen LogP contribution in [0, 0.1) is 5.92 Å². The van der Waals surface area contributed by atoms with Crippen molar-refractivity contribution in [3.8, 4) is 0 Å². The van der Waals surface area contributed by atoms with Crippen LogP contribution in [0.1, 0.15) is 44.1 Å². The molecule has 4 heteroatoms. The molecule has 1 aromatic heterocycles. The third-order valence-corrected chi connectivity index (χ3v) is 4.24. The van der Waals surface area contributed by atoms with Gasteiger partial charge in [0.15, 0.2) is 0 Å². The molecule has 1 amide bonds. The molecule has 18 heavy (non-hydrogen) atoms. The van der Waals surface area contributed by atoms with Crippen molar-refractivity contribution in [1.82, 2.24) is 9.47 Å². The van der Waals surface area contributed by atoms with Crippen LogP contribution < -0.4 is 0 Å². The average Bonchev–Trinajstić information content (AvgIpc) is 2.72. The number of halogens is 1. The molecule has 0 aliphatic carbocycles. The number of piperidine rings is 1. The molecular formula is C14H21BrN2O. The fraction of sp³-hybridized carbons (Fsp3) is 0.643. The summed E-state index contributed by atoms with van der Waals surface area (Å²) >= 11 is 3.45. The van der Waals surface area contributed by atoms with Gasteiger partial charge in [-0.3, -0.25) is 4.79 Å². The summed E-state index contributed by atoms with van der Waals surface area (Å²) in [4.78, 5) is 14.7. The van der Waals surface area contributed by atoms with E-state index in [-0.39, 0.29) is 5.91 Å². The Morgan fingerprint density at radius 1 is 1.44 bits per heavy atom. The Labute approximate surface area is 117 Å². The first-order valence-corrected chi connectivity index (χ1v) is 7.48. The van der Waals surface area contributed by atoms with Crippen LogP contribution in [0.2, 0.25) is 0 Å². The fourth-order valence-corrected chi connectivity index (χ4v) is 3.10. The van der Waals surface area contributed by atoms with Gasteiger partial charge in [-0.15, -0.1) is 0 Å². The first-order valence-electron chi connectivity index (χ1n) is 6.69. The molecular weight excluding hydrogens is 292 g/mol. The Bertz CT molecular complexity index is 441. The molecule has 2 heterocycles. The zero-order valence-electron chi connectivity index (χ0n) is 11.3. The Hall–Kier alpha value is -0.770. The minimum absolute atomic E-state index is 0.168. The largest absolute Gasteiger partial charge is 0.343 e. The van der Waals surface area contributed by atoms with E-state index in [0.29, 0.717) is 12.0 Å². The van der Waals surface area contributed by atoms with E-state index in [1.165, 1.54) is 6.42 Å². The average molecular weight is 313 g/mol. The van der Waals surface area contributed by atoms with Crippen molar-refractivity contribution in [2.75, 3.05) is 6.54 Å². The summed E-state index contributed by atoms with van der Waals surface area (Å²) < 4.78 is 2.99. The van der Waals surface area contributed by atoms with E-state index in [9.17, 15) is 4.79 Å². The highest BCUT2D eigenvalue weighted by Crippen LogP contribution is 2.24. The summed E-state index contributed by atoms with van der Waals surface area (Å²) in [5.41, 5.74) is 0.797. The van der Waals surface area contributed by atoms with E-state index in [4.69, 9.17) is 0 Å². The summed E-state index contributed by atoms with van der Waals surface area (Å²) in [6.45, 7) is 8.14. The second kappa shape index (κ2) is 5.47. The lowest BCUT2D eigenvalue weighted by atomic mass is 9.95. The Kier molecular flexibility index (Phi) is 4.15. The van der Waals surface area contributed by atoms with Gasteiger partial charge < -0.3 is 9.47 Å². The van der Waals surface area contributed by atoms with Gasteiger partial charge in [-0.2, -0.15) is 0 Å². The van der Waals surface area contributed by atoms with Crippen LogP contribution >= 0.6 is 15.9 Å². The molecule has 0 N–H and O–H groups in total. The summed E-state index contributed by atoms with van der Waals surface area (Å²) in [5.74, 6) is 0.778. The van der Waals surface area contributed by atoms with E-state index < -0.39 is 0 Å². The molecule has 0 spiro atoms. The summed E-state index contributed by atoms with van der Waals surface area (Å²) in [6, 6.07) is 2.28. The highest BCUT2D eigenvalue weighted by atomic mass is 79.9. The van der Waals surface area contributed by atoms with Gasteiger partial charge in [-0.1, -0.05) is 6.92 Å². The minimum Gasteiger partial charge on any atom is -0.343 e. The quantitative estimate of drug-likeness (QED) is 0.820. The number of rotatable bonds is 2. The van der Waals surface area contributed by atoms with E-state index >= 15 is 0 Å². The minimum atomic E-state index is 0.168. The molecule has 1 aliphatic heterocycles. The molecule has 0 bridgehead atoms. The van der Waals surface area contributed by atoms with Crippen LogP contribution in [0.25, 0.3) is 0 Å². The molecule has 2 atom stereocenters. The number of carbonyl (C=O) groups is 1. The molecule has 1 fully saturated rings. The van der Waals surface area contributed by atoms with Gasteiger partial charge in [0.1, 0.15) is 5.69 Å². The van der Waals surface area contributed by atoms with E-state index in [2.05, 4.69) is 36.7 Å². The van der Waals surface area contributed by atoms with Crippen molar-refractivity contribution < 1.29 is 4.79 Å². The van der Waals surface area contributed by atoms with Crippen LogP contribution in [0.15, 0.2) is 16.7 Å². The highest BCUT2D eigenvalue weighted by molar-refractivity contribution is 9.10. The number of likely N-dealkylation sites (tertiary alicyclic amines) is 1. The lowest BCUT2D eigenvalue weighted by Crippen LogP contribution is -2.45. The zero-order chi connectivity index (χ0) is 13.3. The molecule has 1 aromatic rings. The third kappa shape index (κ3) is 2.63. The third-order valence-electron chi connectivity index (χ3n) is 3.80. The van der Waals surface area contributed by atoms with Crippen LogP contribution in [0.5, 0.6) is 0 Å². The summed E-state index contributed by atoms with van der Waals surface area (Å²) in [6.07, 6.45) is 4.32. The van der Waals surface area contributed by atoms with Crippen LogP contribution in [0.4, 0.5) is 0 Å². The molecule has 0 aromatic carbocycles. The first-order chi connectivity index (χ1) is 8.52. The van der Waals surface area contributed by atoms with Crippen molar-refractivity contribution in [2.24, 2.45) is 5.92 Å². The lowest BCUT2D eigenvalue weighted by molar-refractivity contribution is 0.0563. The SMILES string of the molecule is CCn1cc(Br)cc1C(=O)N1CC(C)CCC1C. The molecule has 3 nitrogen and oxygen atoms in total. The van der Waals surface area contributed by atoms with Crippen molar-refractivity contribution in [2.45, 2.75) is 46.2 Å². The molecule has 100 valence electrons. The normalized spacial score (nSPS) is 24.3. The van der Waals surface area contributed by atoms with E-state index in [1.54, 1.807) is 0 Å². The number of carbonyl (C=O) groups excluding carboxylic acids is 1. The van der Waals surface area contributed by atoms with Gasteiger partial charge in [-0.05, 0) is 54.6 Å². The van der Waals surface area contributed by atoms with Gasteiger partial charge in [0.05, 0.1) is 0 Å². The number of aromatic nitrogens is 1. The molecule has 2 unspecified atom stereocenters. The van der Waals surface area contributed by atoms with Crippen molar-refractivity contribution in [1.29, 1.82) is 0 Å². The van der Waals surface area contributed by atoms with E-state index in [0.717, 1.165) is 29.7 Å². The fourth-order valence-electron chi connectivity index (χ4n) is 2.63. The maximum absolute atomic E-state index is 12.6. The highest BCUT2D eigenvalue weighted by Gasteiger charge is 2.29. The van der Waals surface area contributed by atoms with Gasteiger partial charge in [0.25, 0.3) is 5.91 Å². The number of amides is 1. The van der Waals surface area contributed by atoms with Crippen molar-refractivity contribution in [3.05, 3.63) is 22.4 Å². The Balaban J connectivity index is 2.24. The Morgan fingerprint density at radius 3 is 2.83 bits per heavy atom. The molecule has 0 saturated carbocycles. The van der Waals surface area contributed by atoms with Crippen LogP contribution in [-0.2, 0) is 6.54 Å². The summed E-state index contributed by atoms with van der Waals surface area (Å²) in [5, 5.41) is 0. The second-order valence-electron chi connectivity index (χ2n) is 5.32. The monoisotopic (exact) mass is 312 g/mol.